The Hall–Kier alpha value is -0.810. The fraction of sp³-hybridized carbons (Fsp3) is 0.833. The normalized spacial score (nSPS) is 27.5. The number of nitrogens with zero attached hydrogens (tertiary/aromatic N) is 1. The van der Waals surface area contributed by atoms with Gasteiger partial charge in [0.2, 0.25) is 11.8 Å². The molecule has 0 aromatic carbocycles. The second kappa shape index (κ2) is 6.95. The molecule has 2 atom stereocenters. The maximum Gasteiger partial charge on any atom is 0.227 e. The predicted molar refractivity (Wildman–Crippen MR) is 71.6 cm³/mol. The number of rotatable bonds is 2. The van der Waals surface area contributed by atoms with Crippen LogP contribution in [0.5, 0.6) is 0 Å². The topological polar surface area (TPSA) is 61.4 Å². The van der Waals surface area contributed by atoms with Crippen molar-refractivity contribution in [1.29, 1.82) is 0 Å². The van der Waals surface area contributed by atoms with Crippen molar-refractivity contribution < 1.29 is 9.59 Å². The van der Waals surface area contributed by atoms with E-state index in [0.29, 0.717) is 6.54 Å². The maximum atomic E-state index is 12.2. The largest absolute Gasteiger partial charge is 0.359 e. The number of hydrogen-bond acceptors (Lipinski definition) is 3. The van der Waals surface area contributed by atoms with Crippen LogP contribution in [0.3, 0.4) is 0 Å². The number of piperidine rings is 1. The van der Waals surface area contributed by atoms with Gasteiger partial charge in [0.25, 0.3) is 0 Å². The summed E-state index contributed by atoms with van der Waals surface area (Å²) < 4.78 is 0. The fourth-order valence-corrected chi connectivity index (χ4v) is 2.72. The molecule has 2 rings (SSSR count). The molecule has 0 radical (unpaired) electrons. The summed E-state index contributed by atoms with van der Waals surface area (Å²) in [5.74, 6) is 0.390. The Morgan fingerprint density at radius 1 is 1.28 bits per heavy atom. The van der Waals surface area contributed by atoms with Gasteiger partial charge in [-0.1, -0.05) is 0 Å². The van der Waals surface area contributed by atoms with Gasteiger partial charge in [0.15, 0.2) is 0 Å². The van der Waals surface area contributed by atoms with Gasteiger partial charge in [-0.3, -0.25) is 9.59 Å². The van der Waals surface area contributed by atoms with Crippen LogP contribution in [-0.4, -0.2) is 49.9 Å². The van der Waals surface area contributed by atoms with Crippen LogP contribution in [0.1, 0.15) is 19.3 Å². The summed E-state index contributed by atoms with van der Waals surface area (Å²) in [5.41, 5.74) is 0. The molecule has 0 saturated carbocycles. The first-order chi connectivity index (χ1) is 8.22. The summed E-state index contributed by atoms with van der Waals surface area (Å²) in [6.45, 7) is 3.13. The van der Waals surface area contributed by atoms with Crippen LogP contribution in [0.25, 0.3) is 0 Å². The number of halogens is 1. The number of carbonyl (C=O) groups excluding carboxylic acids is 2. The summed E-state index contributed by atoms with van der Waals surface area (Å²) in [6.07, 6.45) is 2.76. The molecule has 2 amide bonds. The number of likely N-dealkylation sites (tertiary alicyclic amines) is 1. The van der Waals surface area contributed by atoms with Crippen LogP contribution >= 0.6 is 12.4 Å². The molecule has 6 heteroatoms. The van der Waals surface area contributed by atoms with Crippen LogP contribution in [-0.2, 0) is 9.59 Å². The van der Waals surface area contributed by atoms with Crippen LogP contribution in [0.15, 0.2) is 0 Å². The zero-order chi connectivity index (χ0) is 12.3. The molecule has 0 aliphatic carbocycles. The van der Waals surface area contributed by atoms with Crippen molar-refractivity contribution >= 4 is 24.2 Å². The average molecular weight is 276 g/mol. The van der Waals surface area contributed by atoms with Crippen LogP contribution < -0.4 is 10.6 Å². The summed E-state index contributed by atoms with van der Waals surface area (Å²) >= 11 is 0. The highest BCUT2D eigenvalue weighted by Gasteiger charge is 2.32. The third-order valence-electron chi connectivity index (χ3n) is 3.76. The minimum Gasteiger partial charge on any atom is -0.359 e. The highest BCUT2D eigenvalue weighted by atomic mass is 35.5. The molecular formula is C12H22ClN3O2. The number of nitrogens with one attached hydrogen (secondary N) is 2. The van der Waals surface area contributed by atoms with E-state index in [1.807, 2.05) is 4.90 Å². The van der Waals surface area contributed by atoms with Gasteiger partial charge >= 0.3 is 0 Å². The summed E-state index contributed by atoms with van der Waals surface area (Å²) in [4.78, 5) is 25.7. The summed E-state index contributed by atoms with van der Waals surface area (Å²) in [7, 11) is 1.66. The Bertz CT molecular complexity index is 306. The number of amides is 2. The molecule has 0 aromatic rings. The highest BCUT2D eigenvalue weighted by Crippen LogP contribution is 2.20. The van der Waals surface area contributed by atoms with Gasteiger partial charge in [-0.15, -0.1) is 12.4 Å². The zero-order valence-corrected chi connectivity index (χ0v) is 11.6. The highest BCUT2D eigenvalue weighted by molar-refractivity contribution is 5.85. The predicted octanol–water partition coefficient (Wildman–Crippen LogP) is 0.00230. The van der Waals surface area contributed by atoms with E-state index in [1.54, 1.807) is 7.05 Å². The van der Waals surface area contributed by atoms with Gasteiger partial charge in [-0.05, 0) is 25.8 Å². The van der Waals surface area contributed by atoms with Gasteiger partial charge in [-0.25, -0.2) is 0 Å². The second-order valence-corrected chi connectivity index (χ2v) is 4.93. The molecule has 2 saturated heterocycles. The van der Waals surface area contributed by atoms with Crippen molar-refractivity contribution in [3.05, 3.63) is 0 Å². The summed E-state index contributed by atoms with van der Waals surface area (Å²) in [6, 6.07) is 0. The van der Waals surface area contributed by atoms with Crippen molar-refractivity contribution in [3.8, 4) is 0 Å². The fourth-order valence-electron chi connectivity index (χ4n) is 2.72. The molecule has 0 spiro atoms. The molecule has 2 heterocycles. The SMILES string of the molecule is CNC(=O)C1CCCN(C(=O)C2CCNC2)C1.Cl. The molecule has 2 aliphatic rings. The van der Waals surface area contributed by atoms with Crippen molar-refractivity contribution in [1.82, 2.24) is 15.5 Å². The third-order valence-corrected chi connectivity index (χ3v) is 3.76. The van der Waals surface area contributed by atoms with Gasteiger partial charge in [0, 0.05) is 26.7 Å². The van der Waals surface area contributed by atoms with E-state index in [4.69, 9.17) is 0 Å². The second-order valence-electron chi connectivity index (χ2n) is 4.93. The molecule has 0 aromatic heterocycles. The number of hydrogen-bond donors (Lipinski definition) is 2. The molecule has 2 unspecified atom stereocenters. The van der Waals surface area contributed by atoms with Crippen LogP contribution in [0, 0.1) is 11.8 Å². The first kappa shape index (κ1) is 15.2. The van der Waals surface area contributed by atoms with Gasteiger partial charge in [0.05, 0.1) is 11.8 Å². The molecule has 0 bridgehead atoms. The standard InChI is InChI=1S/C12H21N3O2.ClH/c1-13-11(16)10-3-2-6-15(8-10)12(17)9-4-5-14-7-9;/h9-10,14H,2-8H2,1H3,(H,13,16);1H. The molecular weight excluding hydrogens is 254 g/mol. The smallest absolute Gasteiger partial charge is 0.227 e. The zero-order valence-electron chi connectivity index (χ0n) is 10.8. The van der Waals surface area contributed by atoms with E-state index in [0.717, 1.165) is 38.9 Å². The molecule has 2 aliphatic heterocycles. The van der Waals surface area contributed by atoms with Gasteiger partial charge < -0.3 is 15.5 Å². The van der Waals surface area contributed by atoms with Crippen molar-refractivity contribution in [2.45, 2.75) is 19.3 Å². The van der Waals surface area contributed by atoms with E-state index in [1.165, 1.54) is 0 Å². The molecule has 104 valence electrons. The Morgan fingerprint density at radius 3 is 2.67 bits per heavy atom. The molecule has 5 nitrogen and oxygen atoms in total. The lowest BCUT2D eigenvalue weighted by molar-refractivity contribution is -0.138. The number of carbonyl (C=O) groups is 2. The molecule has 18 heavy (non-hydrogen) atoms. The minimum atomic E-state index is -0.0212. The monoisotopic (exact) mass is 275 g/mol. The Kier molecular flexibility index (Phi) is 5.88. The Balaban J connectivity index is 0.00000162. The summed E-state index contributed by atoms with van der Waals surface area (Å²) in [5, 5.41) is 5.89. The first-order valence-electron chi connectivity index (χ1n) is 6.43. The van der Waals surface area contributed by atoms with Gasteiger partial charge in [-0.2, -0.15) is 0 Å². The average Bonchev–Trinajstić information content (AvgIpc) is 2.91. The lowest BCUT2D eigenvalue weighted by atomic mass is 9.95. The molecule has 2 fully saturated rings. The van der Waals surface area contributed by atoms with Crippen molar-refractivity contribution in [2.24, 2.45) is 11.8 Å². The van der Waals surface area contributed by atoms with E-state index >= 15 is 0 Å². The van der Waals surface area contributed by atoms with Crippen LogP contribution in [0.4, 0.5) is 0 Å². The van der Waals surface area contributed by atoms with Crippen LogP contribution in [0.2, 0.25) is 0 Å². The molecule has 2 N–H and O–H groups in total. The van der Waals surface area contributed by atoms with Crippen molar-refractivity contribution in [3.63, 3.8) is 0 Å². The lowest BCUT2D eigenvalue weighted by Gasteiger charge is -2.33. The van der Waals surface area contributed by atoms with E-state index in [2.05, 4.69) is 10.6 Å². The van der Waals surface area contributed by atoms with E-state index < -0.39 is 0 Å². The quantitative estimate of drug-likeness (QED) is 0.746. The van der Waals surface area contributed by atoms with E-state index in [-0.39, 0.29) is 36.1 Å². The minimum absolute atomic E-state index is 0. The Labute approximate surface area is 114 Å². The first-order valence-corrected chi connectivity index (χ1v) is 6.43. The Morgan fingerprint density at radius 2 is 2.06 bits per heavy atom. The third kappa shape index (κ3) is 3.36. The van der Waals surface area contributed by atoms with Crippen molar-refractivity contribution in [2.75, 3.05) is 33.2 Å². The van der Waals surface area contributed by atoms with E-state index in [9.17, 15) is 9.59 Å². The maximum absolute atomic E-state index is 12.2. The van der Waals surface area contributed by atoms with Gasteiger partial charge in [0.1, 0.15) is 0 Å². The lowest BCUT2D eigenvalue weighted by Crippen LogP contribution is -2.47.